The largest absolute Gasteiger partial charge is 0.274 e. The lowest BCUT2D eigenvalue weighted by Crippen LogP contribution is -2.46. The van der Waals surface area contributed by atoms with E-state index in [-0.39, 0.29) is 11.5 Å². The van der Waals surface area contributed by atoms with E-state index in [4.69, 9.17) is 0 Å². The zero-order valence-corrected chi connectivity index (χ0v) is 9.83. The van der Waals surface area contributed by atoms with Gasteiger partial charge in [0.15, 0.2) is 0 Å². The predicted octanol–water partition coefficient (Wildman–Crippen LogP) is 2.10. The van der Waals surface area contributed by atoms with E-state index in [0.29, 0.717) is 6.54 Å². The number of amides is 1. The van der Waals surface area contributed by atoms with Gasteiger partial charge in [0.25, 0.3) is 5.91 Å². The van der Waals surface area contributed by atoms with E-state index in [9.17, 15) is 13.6 Å². The monoisotopic (exact) mass is 252 g/mol. The Labute approximate surface area is 104 Å². The van der Waals surface area contributed by atoms with Crippen molar-refractivity contribution < 1.29 is 13.6 Å². The number of benzene rings is 1. The standard InChI is InChI=1S/C13H14F2N2O/c14-11-4-3-5-12(15)10(11)6-7-13(18)17-9-2-1-8-16-17/h3-7,16H,1-2,8-9H2/b7-6+. The summed E-state index contributed by atoms with van der Waals surface area (Å²) in [7, 11) is 0. The zero-order chi connectivity index (χ0) is 13.0. The van der Waals surface area contributed by atoms with Gasteiger partial charge < -0.3 is 0 Å². The van der Waals surface area contributed by atoms with Crippen LogP contribution in [-0.2, 0) is 4.79 Å². The minimum absolute atomic E-state index is 0.192. The summed E-state index contributed by atoms with van der Waals surface area (Å²) in [6, 6.07) is 3.61. The van der Waals surface area contributed by atoms with Crippen molar-refractivity contribution >= 4 is 12.0 Å². The molecule has 1 N–H and O–H groups in total. The SMILES string of the molecule is O=C(/C=C/c1c(F)cccc1F)N1CCCCN1. The fourth-order valence-corrected chi connectivity index (χ4v) is 1.79. The first-order valence-corrected chi connectivity index (χ1v) is 5.85. The van der Waals surface area contributed by atoms with Crippen molar-refractivity contribution in [3.05, 3.63) is 41.5 Å². The first kappa shape index (κ1) is 12.7. The van der Waals surface area contributed by atoms with E-state index in [0.717, 1.165) is 31.5 Å². The molecule has 2 rings (SSSR count). The van der Waals surface area contributed by atoms with Crippen molar-refractivity contribution in [3.63, 3.8) is 0 Å². The third-order valence-corrected chi connectivity index (χ3v) is 2.77. The number of halogens is 2. The molecule has 0 unspecified atom stereocenters. The van der Waals surface area contributed by atoms with Crippen molar-refractivity contribution in [1.29, 1.82) is 0 Å². The average molecular weight is 252 g/mol. The molecule has 5 heteroatoms. The molecule has 0 atom stereocenters. The van der Waals surface area contributed by atoms with Crippen molar-refractivity contribution in [3.8, 4) is 0 Å². The zero-order valence-electron chi connectivity index (χ0n) is 9.83. The molecule has 0 radical (unpaired) electrons. The molecular weight excluding hydrogens is 238 g/mol. The number of nitrogens with one attached hydrogen (secondary N) is 1. The molecule has 0 aliphatic carbocycles. The van der Waals surface area contributed by atoms with Crippen LogP contribution in [0.3, 0.4) is 0 Å². The number of hydrazine groups is 1. The van der Waals surface area contributed by atoms with Crippen LogP contribution in [0.5, 0.6) is 0 Å². The summed E-state index contributed by atoms with van der Waals surface area (Å²) >= 11 is 0. The van der Waals surface area contributed by atoms with Crippen LogP contribution in [0.1, 0.15) is 18.4 Å². The van der Waals surface area contributed by atoms with Crippen LogP contribution in [-0.4, -0.2) is 24.0 Å². The van der Waals surface area contributed by atoms with Crippen LogP contribution in [0.15, 0.2) is 24.3 Å². The summed E-state index contributed by atoms with van der Waals surface area (Å²) < 4.78 is 26.6. The molecule has 0 saturated carbocycles. The number of carbonyl (C=O) groups is 1. The van der Waals surface area contributed by atoms with E-state index >= 15 is 0 Å². The third-order valence-electron chi connectivity index (χ3n) is 2.77. The Balaban J connectivity index is 2.08. The molecule has 1 aliphatic rings. The Kier molecular flexibility index (Phi) is 4.04. The molecule has 0 spiro atoms. The van der Waals surface area contributed by atoms with E-state index in [2.05, 4.69) is 5.43 Å². The lowest BCUT2D eigenvalue weighted by atomic mass is 10.2. The molecule has 1 fully saturated rings. The maximum Gasteiger partial charge on any atom is 0.260 e. The second-order valence-corrected chi connectivity index (χ2v) is 4.07. The quantitative estimate of drug-likeness (QED) is 0.817. The highest BCUT2D eigenvalue weighted by atomic mass is 19.1. The molecule has 96 valence electrons. The van der Waals surface area contributed by atoms with E-state index in [1.54, 1.807) is 0 Å². The third kappa shape index (κ3) is 2.92. The molecule has 0 bridgehead atoms. The molecule has 1 saturated heterocycles. The fourth-order valence-electron chi connectivity index (χ4n) is 1.79. The summed E-state index contributed by atoms with van der Waals surface area (Å²) in [5.74, 6) is -1.64. The topological polar surface area (TPSA) is 32.3 Å². The van der Waals surface area contributed by atoms with Gasteiger partial charge in [-0.3, -0.25) is 9.80 Å². The molecule has 0 aromatic heterocycles. The van der Waals surface area contributed by atoms with Gasteiger partial charge in [-0.15, -0.1) is 0 Å². The van der Waals surface area contributed by atoms with Gasteiger partial charge >= 0.3 is 0 Å². The maximum atomic E-state index is 13.3. The molecule has 1 heterocycles. The molecule has 3 nitrogen and oxygen atoms in total. The molecule has 1 aliphatic heterocycles. The van der Waals surface area contributed by atoms with Gasteiger partial charge in [0.2, 0.25) is 0 Å². The number of carbonyl (C=O) groups excluding carboxylic acids is 1. The van der Waals surface area contributed by atoms with Crippen molar-refractivity contribution in [2.24, 2.45) is 0 Å². The minimum Gasteiger partial charge on any atom is -0.274 e. The summed E-state index contributed by atoms with van der Waals surface area (Å²) in [5.41, 5.74) is 2.74. The van der Waals surface area contributed by atoms with Gasteiger partial charge in [0.05, 0.1) is 0 Å². The second kappa shape index (κ2) is 5.73. The highest BCUT2D eigenvalue weighted by Gasteiger charge is 2.13. The Morgan fingerprint density at radius 2 is 2.00 bits per heavy atom. The number of hydrogen-bond acceptors (Lipinski definition) is 2. The van der Waals surface area contributed by atoms with Crippen LogP contribution in [0.25, 0.3) is 6.08 Å². The van der Waals surface area contributed by atoms with Gasteiger partial charge in [-0.2, -0.15) is 0 Å². The van der Waals surface area contributed by atoms with Crippen molar-refractivity contribution in [1.82, 2.24) is 10.4 Å². The normalized spacial score (nSPS) is 16.2. The van der Waals surface area contributed by atoms with Crippen LogP contribution in [0.2, 0.25) is 0 Å². The maximum absolute atomic E-state index is 13.3. The summed E-state index contributed by atoms with van der Waals surface area (Å²) in [5, 5.41) is 1.46. The lowest BCUT2D eigenvalue weighted by Gasteiger charge is -2.26. The Hall–Kier alpha value is -1.75. The van der Waals surface area contributed by atoms with E-state index < -0.39 is 11.6 Å². The molecular formula is C13H14F2N2O. The molecule has 1 aromatic carbocycles. The minimum atomic E-state index is -0.675. The van der Waals surface area contributed by atoms with Gasteiger partial charge in [0, 0.05) is 24.7 Å². The van der Waals surface area contributed by atoms with Gasteiger partial charge in [-0.1, -0.05) is 6.07 Å². The number of nitrogens with zero attached hydrogens (tertiary/aromatic N) is 1. The fraction of sp³-hybridized carbons (Fsp3) is 0.308. The molecule has 18 heavy (non-hydrogen) atoms. The van der Waals surface area contributed by atoms with E-state index in [1.807, 2.05) is 0 Å². The van der Waals surface area contributed by atoms with Crippen molar-refractivity contribution in [2.45, 2.75) is 12.8 Å². The predicted molar refractivity (Wildman–Crippen MR) is 64.3 cm³/mol. The van der Waals surface area contributed by atoms with Gasteiger partial charge in [0.1, 0.15) is 11.6 Å². The first-order valence-electron chi connectivity index (χ1n) is 5.85. The molecule has 1 aromatic rings. The van der Waals surface area contributed by atoms with Gasteiger partial charge in [-0.25, -0.2) is 14.2 Å². The van der Waals surface area contributed by atoms with Crippen LogP contribution in [0.4, 0.5) is 8.78 Å². The average Bonchev–Trinajstić information content (AvgIpc) is 2.39. The number of rotatable bonds is 2. The van der Waals surface area contributed by atoms with Crippen LogP contribution in [0, 0.1) is 11.6 Å². The second-order valence-electron chi connectivity index (χ2n) is 4.07. The highest BCUT2D eigenvalue weighted by Crippen LogP contribution is 2.14. The highest BCUT2D eigenvalue weighted by molar-refractivity contribution is 5.91. The van der Waals surface area contributed by atoms with Crippen molar-refractivity contribution in [2.75, 3.05) is 13.1 Å². The smallest absolute Gasteiger partial charge is 0.260 e. The lowest BCUT2D eigenvalue weighted by molar-refractivity contribution is -0.130. The van der Waals surface area contributed by atoms with Gasteiger partial charge in [-0.05, 0) is 31.1 Å². The molecule has 1 amide bonds. The number of hydrogen-bond donors (Lipinski definition) is 1. The van der Waals surface area contributed by atoms with E-state index in [1.165, 1.54) is 23.2 Å². The van der Waals surface area contributed by atoms with Crippen LogP contribution >= 0.6 is 0 Å². The van der Waals surface area contributed by atoms with Crippen LogP contribution < -0.4 is 5.43 Å². The first-order chi connectivity index (χ1) is 8.68. The summed E-state index contributed by atoms with van der Waals surface area (Å²) in [4.78, 5) is 11.7. The Morgan fingerprint density at radius 3 is 2.61 bits per heavy atom. The Bertz CT molecular complexity index is 448. The summed E-state index contributed by atoms with van der Waals surface area (Å²) in [6.07, 6.45) is 4.30. The summed E-state index contributed by atoms with van der Waals surface area (Å²) in [6.45, 7) is 1.36. The Morgan fingerprint density at radius 1 is 1.28 bits per heavy atom.